The van der Waals surface area contributed by atoms with Crippen LogP contribution in [-0.4, -0.2) is 17.0 Å². The van der Waals surface area contributed by atoms with Crippen LogP contribution in [-0.2, 0) is 22.7 Å². The Hall–Kier alpha value is -2.78. The van der Waals surface area contributed by atoms with Crippen LogP contribution in [0.1, 0.15) is 23.6 Å². The molecule has 1 aromatic carbocycles. The van der Waals surface area contributed by atoms with Gasteiger partial charge in [-0.25, -0.2) is 4.39 Å². The Morgan fingerprint density at radius 2 is 2.09 bits per heavy atom. The lowest BCUT2D eigenvalue weighted by Gasteiger charge is -2.13. The van der Waals surface area contributed by atoms with Crippen LogP contribution in [0.15, 0.2) is 42.7 Å². The Morgan fingerprint density at radius 3 is 2.78 bits per heavy atom. The van der Waals surface area contributed by atoms with E-state index in [-0.39, 0.29) is 24.9 Å². The minimum absolute atomic E-state index is 0.223. The lowest BCUT2D eigenvalue weighted by molar-refractivity contribution is -0.132. The first-order chi connectivity index (χ1) is 11.1. The number of halogens is 1. The summed E-state index contributed by atoms with van der Waals surface area (Å²) >= 11 is 0. The molecule has 0 aliphatic carbocycles. The molecule has 0 fully saturated rings. The number of nitrogens with one attached hydrogen (secondary N) is 1. The van der Waals surface area contributed by atoms with E-state index in [0.29, 0.717) is 5.56 Å². The molecule has 0 saturated heterocycles. The summed E-state index contributed by atoms with van der Waals surface area (Å²) in [6.07, 6.45) is 2.40. The van der Waals surface area contributed by atoms with Crippen molar-refractivity contribution in [3.63, 3.8) is 0 Å². The van der Waals surface area contributed by atoms with Gasteiger partial charge in [-0.05, 0) is 36.2 Å². The van der Waals surface area contributed by atoms with Crippen molar-refractivity contribution < 1.29 is 13.9 Å². The molecule has 0 aliphatic heterocycles. The van der Waals surface area contributed by atoms with Gasteiger partial charge < -0.3 is 10.1 Å². The first kappa shape index (κ1) is 16.6. The Morgan fingerprint density at radius 1 is 1.35 bits per heavy atom. The number of carbonyl (C=O) groups excluding carboxylic acids is 1. The van der Waals surface area contributed by atoms with Crippen molar-refractivity contribution >= 4 is 5.91 Å². The van der Waals surface area contributed by atoms with E-state index in [1.807, 2.05) is 6.07 Å². The predicted molar refractivity (Wildman–Crippen MR) is 81.4 cm³/mol. The number of ether oxygens (including phenoxy) is 1. The number of nitriles is 1. The topological polar surface area (TPSA) is 75.0 Å². The molecule has 0 radical (unpaired) electrons. The average Bonchev–Trinajstić information content (AvgIpc) is 2.59. The van der Waals surface area contributed by atoms with Crippen LogP contribution in [0.5, 0.6) is 0 Å². The minimum atomic E-state index is -0.646. The Labute approximate surface area is 133 Å². The third-order valence-electron chi connectivity index (χ3n) is 3.17. The van der Waals surface area contributed by atoms with Crippen molar-refractivity contribution in [3.8, 4) is 6.07 Å². The van der Waals surface area contributed by atoms with E-state index in [0.717, 1.165) is 11.1 Å². The summed E-state index contributed by atoms with van der Waals surface area (Å²) in [5.74, 6) is -0.581. The lowest BCUT2D eigenvalue weighted by Crippen LogP contribution is -2.34. The summed E-state index contributed by atoms with van der Waals surface area (Å²) in [6, 6.07) is 9.57. The van der Waals surface area contributed by atoms with Gasteiger partial charge in [-0.2, -0.15) is 5.26 Å². The van der Waals surface area contributed by atoms with Crippen LogP contribution >= 0.6 is 0 Å². The molecule has 1 amide bonds. The zero-order valence-electron chi connectivity index (χ0n) is 12.6. The largest absolute Gasteiger partial charge is 0.364 e. The molecule has 2 rings (SSSR count). The van der Waals surface area contributed by atoms with Gasteiger partial charge >= 0.3 is 0 Å². The molecule has 1 heterocycles. The van der Waals surface area contributed by atoms with E-state index in [9.17, 15) is 9.18 Å². The van der Waals surface area contributed by atoms with Crippen molar-refractivity contribution in [3.05, 3.63) is 65.2 Å². The number of carbonyl (C=O) groups is 1. The van der Waals surface area contributed by atoms with Gasteiger partial charge in [0.1, 0.15) is 18.0 Å². The van der Waals surface area contributed by atoms with E-state index in [1.165, 1.54) is 18.3 Å². The van der Waals surface area contributed by atoms with Crippen LogP contribution in [0.25, 0.3) is 0 Å². The fourth-order valence-electron chi connectivity index (χ4n) is 1.86. The normalized spacial score (nSPS) is 11.5. The highest BCUT2D eigenvalue weighted by Gasteiger charge is 2.13. The van der Waals surface area contributed by atoms with Gasteiger partial charge in [0.25, 0.3) is 0 Å². The fourth-order valence-corrected chi connectivity index (χ4v) is 1.86. The van der Waals surface area contributed by atoms with Gasteiger partial charge in [0.15, 0.2) is 0 Å². The zero-order chi connectivity index (χ0) is 16.7. The highest BCUT2D eigenvalue weighted by Crippen LogP contribution is 2.06. The summed E-state index contributed by atoms with van der Waals surface area (Å²) in [5, 5.41) is 11.5. The lowest BCUT2D eigenvalue weighted by atomic mass is 10.2. The average molecular weight is 313 g/mol. The minimum Gasteiger partial charge on any atom is -0.364 e. The number of aromatic nitrogens is 1. The summed E-state index contributed by atoms with van der Waals surface area (Å²) in [5.41, 5.74) is 1.97. The molecule has 0 aliphatic rings. The van der Waals surface area contributed by atoms with Gasteiger partial charge in [0.2, 0.25) is 5.91 Å². The molecule has 6 heteroatoms. The number of hydrogen-bond acceptors (Lipinski definition) is 4. The molecule has 0 bridgehead atoms. The quantitative estimate of drug-likeness (QED) is 0.888. The van der Waals surface area contributed by atoms with E-state index in [1.54, 1.807) is 31.3 Å². The van der Waals surface area contributed by atoms with Gasteiger partial charge in [0.05, 0.1) is 12.2 Å². The SMILES string of the molecule is CC(OCc1ccc(F)cc1)C(=O)NCc1cncc(C#N)c1. The highest BCUT2D eigenvalue weighted by atomic mass is 19.1. The summed E-state index contributed by atoms with van der Waals surface area (Å²) in [6.45, 7) is 2.13. The maximum Gasteiger partial charge on any atom is 0.249 e. The second-order valence-electron chi connectivity index (χ2n) is 4.99. The summed E-state index contributed by atoms with van der Waals surface area (Å²) < 4.78 is 18.3. The van der Waals surface area contributed by atoms with Crippen molar-refractivity contribution in [1.29, 1.82) is 5.26 Å². The van der Waals surface area contributed by atoms with E-state index in [2.05, 4.69) is 10.3 Å². The summed E-state index contributed by atoms with van der Waals surface area (Å²) in [4.78, 5) is 15.9. The molecule has 23 heavy (non-hydrogen) atoms. The van der Waals surface area contributed by atoms with Gasteiger partial charge in [-0.3, -0.25) is 9.78 Å². The third-order valence-corrected chi connectivity index (χ3v) is 3.17. The van der Waals surface area contributed by atoms with Crippen molar-refractivity contribution in [2.75, 3.05) is 0 Å². The number of amides is 1. The van der Waals surface area contributed by atoms with Gasteiger partial charge in [-0.15, -0.1) is 0 Å². The molecular weight excluding hydrogens is 297 g/mol. The van der Waals surface area contributed by atoms with Crippen LogP contribution in [0, 0.1) is 17.1 Å². The van der Waals surface area contributed by atoms with Crippen LogP contribution in [0.3, 0.4) is 0 Å². The number of hydrogen-bond donors (Lipinski definition) is 1. The van der Waals surface area contributed by atoms with Gasteiger partial charge in [-0.1, -0.05) is 12.1 Å². The molecule has 5 nitrogen and oxygen atoms in total. The zero-order valence-corrected chi connectivity index (χ0v) is 12.6. The van der Waals surface area contributed by atoms with E-state index >= 15 is 0 Å². The number of nitrogens with zero attached hydrogens (tertiary/aromatic N) is 2. The van der Waals surface area contributed by atoms with Crippen LogP contribution in [0.2, 0.25) is 0 Å². The fraction of sp³-hybridized carbons (Fsp3) is 0.235. The van der Waals surface area contributed by atoms with Crippen LogP contribution < -0.4 is 5.32 Å². The van der Waals surface area contributed by atoms with Crippen molar-refractivity contribution in [1.82, 2.24) is 10.3 Å². The maximum absolute atomic E-state index is 12.8. The molecule has 1 aromatic heterocycles. The monoisotopic (exact) mass is 313 g/mol. The maximum atomic E-state index is 12.8. The summed E-state index contributed by atoms with van der Waals surface area (Å²) in [7, 11) is 0. The first-order valence-corrected chi connectivity index (χ1v) is 7.06. The highest BCUT2D eigenvalue weighted by molar-refractivity contribution is 5.80. The molecule has 2 aromatic rings. The molecule has 1 unspecified atom stereocenters. The second kappa shape index (κ2) is 8.01. The second-order valence-corrected chi connectivity index (χ2v) is 4.99. The molecule has 1 atom stereocenters. The standard InChI is InChI=1S/C17H16FN3O2/c1-12(23-11-13-2-4-16(18)5-3-13)17(22)21-10-15-6-14(7-19)8-20-9-15/h2-6,8-9,12H,10-11H2,1H3,(H,21,22). The molecule has 0 saturated carbocycles. The van der Waals surface area contributed by atoms with Crippen molar-refractivity contribution in [2.45, 2.75) is 26.2 Å². The Kier molecular flexibility index (Phi) is 5.78. The Bertz CT molecular complexity index is 711. The smallest absolute Gasteiger partial charge is 0.249 e. The molecule has 1 N–H and O–H groups in total. The predicted octanol–water partition coefficient (Wildman–Crippen LogP) is 2.31. The number of benzene rings is 1. The molecule has 0 spiro atoms. The van der Waals surface area contributed by atoms with Gasteiger partial charge in [0, 0.05) is 18.9 Å². The van der Waals surface area contributed by atoms with Crippen LogP contribution in [0.4, 0.5) is 4.39 Å². The first-order valence-electron chi connectivity index (χ1n) is 7.06. The molecular formula is C17H16FN3O2. The number of pyridine rings is 1. The third kappa shape index (κ3) is 5.16. The van der Waals surface area contributed by atoms with E-state index < -0.39 is 6.10 Å². The van der Waals surface area contributed by atoms with E-state index in [4.69, 9.17) is 10.00 Å². The van der Waals surface area contributed by atoms with Crippen molar-refractivity contribution in [2.24, 2.45) is 0 Å². The molecule has 118 valence electrons. The number of rotatable bonds is 6. The Balaban J connectivity index is 1.80.